The molecule has 5 heteroatoms. The second-order valence-electron chi connectivity index (χ2n) is 6.96. The summed E-state index contributed by atoms with van der Waals surface area (Å²) in [5.41, 5.74) is 6.85. The number of allylic oxidation sites excluding steroid dienone is 3. The second kappa shape index (κ2) is 8.27. The molecule has 1 aliphatic rings. The minimum atomic E-state index is -1.06. The van der Waals surface area contributed by atoms with Crippen molar-refractivity contribution in [2.75, 3.05) is 13.6 Å². The van der Waals surface area contributed by atoms with Crippen molar-refractivity contribution in [3.05, 3.63) is 60.3 Å². The number of unbranched alkanes of at least 4 members (excludes halogenated alkanes) is 2. The topological polar surface area (TPSA) is 91.9 Å². The number of nitrogens with zero attached hydrogens (tertiary/aromatic N) is 1. The zero-order chi connectivity index (χ0) is 19.3. The highest BCUT2D eigenvalue weighted by Gasteiger charge is 2.42. The van der Waals surface area contributed by atoms with Crippen LogP contribution in [0.15, 0.2) is 54.6 Å². The Morgan fingerprint density at radius 1 is 1.19 bits per heavy atom. The summed E-state index contributed by atoms with van der Waals surface area (Å²) < 4.78 is 0. The average molecular weight is 362 g/mol. The van der Waals surface area contributed by atoms with Crippen molar-refractivity contribution >= 4 is 28.1 Å². The molecule has 3 rings (SSSR count). The van der Waals surface area contributed by atoms with Crippen LogP contribution >= 0.6 is 0 Å². The van der Waals surface area contributed by atoms with E-state index >= 15 is 0 Å². The predicted octanol–water partition coefficient (Wildman–Crippen LogP) is 3.46. The maximum Gasteiger partial charge on any atom is 0.182 e. The number of carbonyl (C=O) groups excluding carboxylic acids is 1. The largest absolute Gasteiger partial charge is 0.387 e. The lowest BCUT2D eigenvalue weighted by atomic mass is 9.72. The maximum atomic E-state index is 13.4. The first-order valence-electron chi connectivity index (χ1n) is 9.38. The lowest BCUT2D eigenvalue weighted by molar-refractivity contribution is -0.118. The summed E-state index contributed by atoms with van der Waals surface area (Å²) in [4.78, 5) is 18.0. The van der Waals surface area contributed by atoms with E-state index in [0.29, 0.717) is 17.7 Å². The van der Waals surface area contributed by atoms with Gasteiger partial charge in [-0.15, -0.1) is 0 Å². The zero-order valence-corrected chi connectivity index (χ0v) is 15.7. The molecule has 1 heterocycles. The number of aromatic nitrogens is 1. The first-order valence-corrected chi connectivity index (χ1v) is 9.38. The Kier molecular flexibility index (Phi) is 5.81. The number of pyridine rings is 1. The van der Waals surface area contributed by atoms with Crippen molar-refractivity contribution in [1.82, 2.24) is 10.3 Å². The van der Waals surface area contributed by atoms with E-state index in [0.717, 1.165) is 36.7 Å². The molecule has 0 radical (unpaired) electrons. The summed E-state index contributed by atoms with van der Waals surface area (Å²) in [7, 11) is 1.93. The predicted molar refractivity (Wildman–Crippen MR) is 111 cm³/mol. The van der Waals surface area contributed by atoms with Crippen molar-refractivity contribution in [1.29, 1.82) is 5.41 Å². The van der Waals surface area contributed by atoms with Crippen LogP contribution in [0.3, 0.4) is 0 Å². The number of hydrogen-bond donors (Lipinski definition) is 3. The lowest BCUT2D eigenvalue weighted by Crippen LogP contribution is -2.43. The molecular formula is C22H26N4O. The highest BCUT2D eigenvalue weighted by Crippen LogP contribution is 2.37. The molecule has 1 atom stereocenters. The number of benzene rings is 1. The molecule has 0 aliphatic heterocycles. The number of nitrogens with two attached hydrogens (primary N) is 1. The van der Waals surface area contributed by atoms with E-state index in [4.69, 9.17) is 11.1 Å². The number of para-hydroxylation sites is 1. The number of rotatable bonds is 8. The van der Waals surface area contributed by atoms with Crippen molar-refractivity contribution in [2.24, 2.45) is 11.1 Å². The molecule has 0 saturated heterocycles. The van der Waals surface area contributed by atoms with Crippen molar-refractivity contribution < 1.29 is 4.79 Å². The van der Waals surface area contributed by atoms with Gasteiger partial charge < -0.3 is 11.1 Å². The van der Waals surface area contributed by atoms with Gasteiger partial charge >= 0.3 is 0 Å². The molecule has 1 aromatic carbocycles. The van der Waals surface area contributed by atoms with Gasteiger partial charge in [0, 0.05) is 11.0 Å². The third-order valence-electron chi connectivity index (χ3n) is 5.15. The number of Topliss-reactive ketones (excluding diaryl/α,β-unsaturated/α-hetero) is 1. The summed E-state index contributed by atoms with van der Waals surface area (Å²) >= 11 is 0. The Labute approximate surface area is 159 Å². The van der Waals surface area contributed by atoms with E-state index in [1.165, 1.54) is 0 Å². The average Bonchev–Trinajstić information content (AvgIpc) is 2.68. The molecule has 1 aliphatic carbocycles. The van der Waals surface area contributed by atoms with Crippen molar-refractivity contribution in [2.45, 2.75) is 25.7 Å². The van der Waals surface area contributed by atoms with Crippen LogP contribution in [0.1, 0.15) is 31.4 Å². The monoisotopic (exact) mass is 362 g/mol. The molecule has 0 amide bonds. The van der Waals surface area contributed by atoms with Crippen LogP contribution in [0.5, 0.6) is 0 Å². The maximum absolute atomic E-state index is 13.4. The summed E-state index contributed by atoms with van der Waals surface area (Å²) in [6, 6.07) is 11.7. The second-order valence-corrected chi connectivity index (χ2v) is 6.96. The van der Waals surface area contributed by atoms with Gasteiger partial charge in [0.25, 0.3) is 0 Å². The summed E-state index contributed by atoms with van der Waals surface area (Å²) in [6.07, 6.45) is 8.81. The molecule has 27 heavy (non-hydrogen) atoms. The van der Waals surface area contributed by atoms with E-state index in [2.05, 4.69) is 10.3 Å². The molecule has 140 valence electrons. The Hall–Kier alpha value is -2.79. The number of amidine groups is 1. The van der Waals surface area contributed by atoms with Gasteiger partial charge in [0.05, 0.1) is 11.2 Å². The van der Waals surface area contributed by atoms with E-state index < -0.39 is 5.41 Å². The normalized spacial score (nSPS) is 19.3. The van der Waals surface area contributed by atoms with Crippen molar-refractivity contribution in [3.63, 3.8) is 0 Å². The van der Waals surface area contributed by atoms with Crippen LogP contribution < -0.4 is 11.1 Å². The third-order valence-corrected chi connectivity index (χ3v) is 5.15. The molecule has 1 aromatic heterocycles. The highest BCUT2D eigenvalue weighted by molar-refractivity contribution is 6.31. The number of hydrogen-bond acceptors (Lipinski definition) is 4. The smallest absolute Gasteiger partial charge is 0.182 e. The number of ketones is 1. The van der Waals surface area contributed by atoms with Gasteiger partial charge in [-0.05, 0) is 44.6 Å². The van der Waals surface area contributed by atoms with Crippen LogP contribution in [0.4, 0.5) is 0 Å². The minimum Gasteiger partial charge on any atom is -0.387 e. The van der Waals surface area contributed by atoms with Crippen LogP contribution in [0.2, 0.25) is 0 Å². The molecule has 0 bridgehead atoms. The molecule has 1 unspecified atom stereocenters. The van der Waals surface area contributed by atoms with Gasteiger partial charge in [0.2, 0.25) is 0 Å². The Balaban J connectivity index is 1.86. The summed E-state index contributed by atoms with van der Waals surface area (Å²) in [5.74, 6) is -0.224. The molecule has 0 fully saturated rings. The van der Waals surface area contributed by atoms with Gasteiger partial charge in [-0.25, -0.2) is 4.98 Å². The fraction of sp³-hybridized carbons (Fsp3) is 0.318. The number of carbonyl (C=O) groups is 1. The Morgan fingerprint density at radius 2 is 2.00 bits per heavy atom. The molecule has 2 aromatic rings. The minimum absolute atomic E-state index is 0.0937. The van der Waals surface area contributed by atoms with Gasteiger partial charge in [-0.3, -0.25) is 10.2 Å². The van der Waals surface area contributed by atoms with Gasteiger partial charge in [-0.2, -0.15) is 0 Å². The standard InChI is InChI=1S/C22H26N4O/c1-25-15-6-2-5-13-22(21(23)24)14-7-9-17(20(22)27)19-12-11-16-8-3-4-10-18(16)26-19/h3-4,7-12,14,25H,2,5-6,13,15H2,1H3,(H3,23,24). The van der Waals surface area contributed by atoms with E-state index in [9.17, 15) is 4.79 Å². The van der Waals surface area contributed by atoms with Crippen LogP contribution in [-0.4, -0.2) is 30.2 Å². The SMILES string of the molecule is CNCCCCCC1(C(=N)N)C=CC=C(c2ccc3ccccc3n2)C1=O. The molecule has 5 nitrogen and oxygen atoms in total. The van der Waals surface area contributed by atoms with Crippen molar-refractivity contribution in [3.8, 4) is 0 Å². The third kappa shape index (κ3) is 3.83. The highest BCUT2D eigenvalue weighted by atomic mass is 16.1. The van der Waals surface area contributed by atoms with Gasteiger partial charge in [-0.1, -0.05) is 49.3 Å². The first-order chi connectivity index (χ1) is 13.1. The summed E-state index contributed by atoms with van der Waals surface area (Å²) in [5, 5.41) is 12.3. The molecular weight excluding hydrogens is 336 g/mol. The molecule has 0 saturated carbocycles. The first kappa shape index (κ1) is 19.0. The van der Waals surface area contributed by atoms with E-state index in [1.54, 1.807) is 12.2 Å². The molecule has 4 N–H and O–H groups in total. The fourth-order valence-electron chi connectivity index (χ4n) is 3.54. The molecule has 0 spiro atoms. The lowest BCUT2D eigenvalue weighted by Gasteiger charge is -2.31. The quantitative estimate of drug-likeness (QED) is 0.381. The Bertz CT molecular complexity index is 915. The Morgan fingerprint density at radius 3 is 2.78 bits per heavy atom. The van der Waals surface area contributed by atoms with Crippen LogP contribution in [-0.2, 0) is 4.79 Å². The number of nitrogens with one attached hydrogen (secondary N) is 2. The van der Waals surface area contributed by atoms with Gasteiger partial charge in [0.15, 0.2) is 5.78 Å². The van der Waals surface area contributed by atoms with E-state index in [1.807, 2.05) is 49.5 Å². The van der Waals surface area contributed by atoms with E-state index in [-0.39, 0.29) is 11.6 Å². The van der Waals surface area contributed by atoms with Crippen LogP contribution in [0.25, 0.3) is 16.5 Å². The number of fused-ring (bicyclic) bond motifs is 1. The summed E-state index contributed by atoms with van der Waals surface area (Å²) in [6.45, 7) is 0.947. The fourth-order valence-corrected chi connectivity index (χ4v) is 3.54. The zero-order valence-electron chi connectivity index (χ0n) is 15.7. The van der Waals surface area contributed by atoms with Gasteiger partial charge in [0.1, 0.15) is 11.3 Å². The van der Waals surface area contributed by atoms with Crippen LogP contribution in [0, 0.1) is 10.8 Å².